The van der Waals surface area contributed by atoms with Gasteiger partial charge in [0.1, 0.15) is 4.99 Å². The normalized spacial score (nSPS) is 12.3. The molecule has 0 radical (unpaired) electrons. The van der Waals surface area contributed by atoms with E-state index >= 15 is 0 Å². The molecule has 0 aromatic heterocycles. The number of halogens is 3. The van der Waals surface area contributed by atoms with Gasteiger partial charge in [0.15, 0.2) is 0 Å². The fraction of sp³-hybridized carbons (Fsp3) is 0.462. The minimum atomic E-state index is -4.51. The molecule has 7 heteroatoms. The summed E-state index contributed by atoms with van der Waals surface area (Å²) in [5.41, 5.74) is 4.14. The summed E-state index contributed by atoms with van der Waals surface area (Å²) in [5, 5.41) is 2.99. The van der Waals surface area contributed by atoms with E-state index in [9.17, 15) is 13.2 Å². The number of nitrogens with one attached hydrogen (secondary N) is 1. The smallest absolute Gasteiger partial charge is 0.389 e. The molecule has 112 valence electrons. The van der Waals surface area contributed by atoms with Crippen LogP contribution in [0.15, 0.2) is 18.2 Å². The van der Waals surface area contributed by atoms with Crippen molar-refractivity contribution in [3.8, 4) is 0 Å². The lowest BCUT2D eigenvalue weighted by atomic mass is 10.0. The standard InChI is InChI=1S/C13H17F3N2OS/c1-12(2,7-19-3)18-8-4-5-9(11(17)20)10(6-8)13(14,15)16/h4-6,18H,7H2,1-3H3,(H2,17,20). The Kier molecular flexibility index (Phi) is 4.99. The summed E-state index contributed by atoms with van der Waals surface area (Å²) in [7, 11) is 1.53. The number of hydrogen-bond acceptors (Lipinski definition) is 3. The van der Waals surface area contributed by atoms with Gasteiger partial charge in [0, 0.05) is 18.4 Å². The van der Waals surface area contributed by atoms with E-state index in [1.807, 2.05) is 13.8 Å². The summed E-state index contributed by atoms with van der Waals surface area (Å²) < 4.78 is 44.0. The monoisotopic (exact) mass is 306 g/mol. The molecule has 0 aliphatic rings. The number of benzene rings is 1. The van der Waals surface area contributed by atoms with E-state index < -0.39 is 17.3 Å². The highest BCUT2D eigenvalue weighted by Crippen LogP contribution is 2.34. The van der Waals surface area contributed by atoms with Crippen LogP contribution in [0.3, 0.4) is 0 Å². The highest BCUT2D eigenvalue weighted by molar-refractivity contribution is 7.80. The molecule has 1 aromatic carbocycles. The lowest BCUT2D eigenvalue weighted by Crippen LogP contribution is -2.36. The fourth-order valence-corrected chi connectivity index (χ4v) is 2.04. The molecule has 3 N–H and O–H groups in total. The molecule has 0 unspecified atom stereocenters. The van der Waals surface area contributed by atoms with E-state index in [-0.39, 0.29) is 10.6 Å². The molecule has 0 aliphatic carbocycles. The van der Waals surface area contributed by atoms with Gasteiger partial charge in [-0.1, -0.05) is 12.2 Å². The number of hydrogen-bond donors (Lipinski definition) is 2. The van der Waals surface area contributed by atoms with Crippen LogP contribution in [0, 0.1) is 0 Å². The zero-order valence-electron chi connectivity index (χ0n) is 11.5. The Balaban J connectivity index is 3.17. The molecule has 0 aliphatic heterocycles. The third-order valence-corrected chi connectivity index (χ3v) is 2.80. The molecule has 0 heterocycles. The molecule has 0 fully saturated rings. The van der Waals surface area contributed by atoms with E-state index in [2.05, 4.69) is 17.5 Å². The van der Waals surface area contributed by atoms with Gasteiger partial charge in [0.25, 0.3) is 0 Å². The van der Waals surface area contributed by atoms with E-state index in [4.69, 9.17) is 10.5 Å². The Bertz CT molecular complexity index is 501. The summed E-state index contributed by atoms with van der Waals surface area (Å²) in [6.45, 7) is 4.00. The van der Waals surface area contributed by atoms with Gasteiger partial charge in [-0.2, -0.15) is 13.2 Å². The minimum Gasteiger partial charge on any atom is -0.389 e. The maximum Gasteiger partial charge on any atom is 0.417 e. The molecule has 0 saturated carbocycles. The molecule has 1 aromatic rings. The number of nitrogens with two attached hydrogens (primary N) is 1. The molecule has 0 saturated heterocycles. The molecule has 3 nitrogen and oxygen atoms in total. The predicted octanol–water partition coefficient (Wildman–Crippen LogP) is 3.18. The van der Waals surface area contributed by atoms with E-state index in [1.165, 1.54) is 19.2 Å². The van der Waals surface area contributed by atoms with Crippen molar-refractivity contribution in [3.63, 3.8) is 0 Å². The highest BCUT2D eigenvalue weighted by atomic mass is 32.1. The molecule has 20 heavy (non-hydrogen) atoms. The Morgan fingerprint density at radius 2 is 1.95 bits per heavy atom. The van der Waals surface area contributed by atoms with Gasteiger partial charge in [0.05, 0.1) is 17.7 Å². The zero-order chi connectivity index (χ0) is 15.6. The van der Waals surface area contributed by atoms with Crippen molar-refractivity contribution in [2.24, 2.45) is 5.73 Å². The minimum absolute atomic E-state index is 0.178. The Morgan fingerprint density at radius 3 is 2.40 bits per heavy atom. The third kappa shape index (κ3) is 4.35. The fourth-order valence-electron chi connectivity index (χ4n) is 1.86. The van der Waals surface area contributed by atoms with Gasteiger partial charge >= 0.3 is 6.18 Å². The highest BCUT2D eigenvalue weighted by Gasteiger charge is 2.34. The van der Waals surface area contributed by atoms with Gasteiger partial charge in [-0.15, -0.1) is 0 Å². The summed E-state index contributed by atoms with van der Waals surface area (Å²) in [6, 6.07) is 3.80. The number of anilines is 1. The summed E-state index contributed by atoms with van der Waals surface area (Å²) in [5.74, 6) is 0. The number of ether oxygens (including phenoxy) is 1. The number of rotatable bonds is 5. The van der Waals surface area contributed by atoms with Crippen molar-refractivity contribution >= 4 is 22.9 Å². The zero-order valence-corrected chi connectivity index (χ0v) is 12.3. The topological polar surface area (TPSA) is 47.3 Å². The molecular formula is C13H17F3N2OS. The summed E-state index contributed by atoms with van der Waals surface area (Å²) in [6.07, 6.45) is -4.51. The van der Waals surface area contributed by atoms with Gasteiger partial charge < -0.3 is 15.8 Å². The van der Waals surface area contributed by atoms with E-state index in [1.54, 1.807) is 0 Å². The van der Waals surface area contributed by atoms with E-state index in [0.717, 1.165) is 6.07 Å². The Labute approximate surface area is 121 Å². The van der Waals surface area contributed by atoms with Crippen LogP contribution in [0.1, 0.15) is 25.0 Å². The quantitative estimate of drug-likeness (QED) is 0.820. The maximum atomic E-state index is 13.0. The second kappa shape index (κ2) is 5.97. The summed E-state index contributed by atoms with van der Waals surface area (Å²) >= 11 is 4.65. The van der Waals surface area contributed by atoms with Crippen LogP contribution in [0.2, 0.25) is 0 Å². The molecular weight excluding hydrogens is 289 g/mol. The average Bonchev–Trinajstić information content (AvgIpc) is 2.26. The van der Waals surface area contributed by atoms with Crippen molar-refractivity contribution in [2.75, 3.05) is 19.0 Å². The molecule has 0 spiro atoms. The lowest BCUT2D eigenvalue weighted by Gasteiger charge is -2.27. The summed E-state index contributed by atoms with van der Waals surface area (Å²) in [4.78, 5) is -0.278. The third-order valence-electron chi connectivity index (χ3n) is 2.58. The van der Waals surface area contributed by atoms with Gasteiger partial charge in [-0.05, 0) is 32.0 Å². The van der Waals surface area contributed by atoms with Crippen molar-refractivity contribution < 1.29 is 17.9 Å². The van der Waals surface area contributed by atoms with Crippen molar-refractivity contribution in [3.05, 3.63) is 29.3 Å². The maximum absolute atomic E-state index is 13.0. The second-order valence-electron chi connectivity index (χ2n) is 5.06. The van der Waals surface area contributed by atoms with Crippen LogP contribution >= 0.6 is 12.2 Å². The molecule has 0 bridgehead atoms. The molecule has 1 rings (SSSR count). The first-order valence-electron chi connectivity index (χ1n) is 5.85. The Hall–Kier alpha value is -1.34. The van der Waals surface area contributed by atoms with Gasteiger partial charge in [-0.3, -0.25) is 0 Å². The number of alkyl halides is 3. The SMILES string of the molecule is COCC(C)(C)Nc1ccc(C(N)=S)c(C(F)(F)F)c1. The first-order chi connectivity index (χ1) is 9.07. The second-order valence-corrected chi connectivity index (χ2v) is 5.50. The predicted molar refractivity (Wildman–Crippen MR) is 76.9 cm³/mol. The first-order valence-corrected chi connectivity index (χ1v) is 6.26. The average molecular weight is 306 g/mol. The van der Waals surface area contributed by atoms with E-state index in [0.29, 0.717) is 12.3 Å². The van der Waals surface area contributed by atoms with Crippen LogP contribution in [0.4, 0.5) is 18.9 Å². The van der Waals surface area contributed by atoms with Crippen LogP contribution in [-0.4, -0.2) is 24.2 Å². The number of methoxy groups -OCH3 is 1. The van der Waals surface area contributed by atoms with Crippen LogP contribution in [0.5, 0.6) is 0 Å². The van der Waals surface area contributed by atoms with Gasteiger partial charge in [0.2, 0.25) is 0 Å². The van der Waals surface area contributed by atoms with Crippen LogP contribution in [0.25, 0.3) is 0 Å². The Morgan fingerprint density at radius 1 is 1.35 bits per heavy atom. The largest absolute Gasteiger partial charge is 0.417 e. The van der Waals surface area contributed by atoms with Crippen molar-refractivity contribution in [2.45, 2.75) is 25.6 Å². The van der Waals surface area contributed by atoms with Crippen molar-refractivity contribution in [1.29, 1.82) is 0 Å². The molecule has 0 amide bonds. The lowest BCUT2D eigenvalue weighted by molar-refractivity contribution is -0.137. The van der Waals surface area contributed by atoms with Crippen LogP contribution < -0.4 is 11.1 Å². The van der Waals surface area contributed by atoms with Gasteiger partial charge in [-0.25, -0.2) is 0 Å². The van der Waals surface area contributed by atoms with Crippen molar-refractivity contribution in [1.82, 2.24) is 0 Å². The van der Waals surface area contributed by atoms with Crippen LogP contribution in [-0.2, 0) is 10.9 Å². The number of thiocarbonyl (C=S) groups is 1. The first kappa shape index (κ1) is 16.7. The molecule has 0 atom stereocenters.